The summed E-state index contributed by atoms with van der Waals surface area (Å²) in [6.45, 7) is 2.22. The van der Waals surface area contributed by atoms with Crippen LogP contribution in [0.2, 0.25) is 0 Å². The van der Waals surface area contributed by atoms with Gasteiger partial charge in [0.2, 0.25) is 0 Å². The molecule has 6 heteroatoms. The SMILES string of the molecule is Cc1occc1CN(C)C(=O)NC1(C(=O)O)CCC1. The molecule has 104 valence electrons. The van der Waals surface area contributed by atoms with Gasteiger partial charge in [0.15, 0.2) is 0 Å². The number of hydrogen-bond acceptors (Lipinski definition) is 3. The minimum Gasteiger partial charge on any atom is -0.480 e. The van der Waals surface area contributed by atoms with Crippen LogP contribution in [-0.4, -0.2) is 34.6 Å². The lowest BCUT2D eigenvalue weighted by molar-refractivity contribution is -0.148. The van der Waals surface area contributed by atoms with E-state index in [0.29, 0.717) is 19.4 Å². The minimum absolute atomic E-state index is 0.372. The number of amides is 2. The van der Waals surface area contributed by atoms with Crippen LogP contribution in [0.1, 0.15) is 30.6 Å². The third-order valence-corrected chi connectivity index (χ3v) is 3.68. The molecule has 0 radical (unpaired) electrons. The molecule has 0 bridgehead atoms. The van der Waals surface area contributed by atoms with Gasteiger partial charge in [-0.2, -0.15) is 0 Å². The second-order valence-electron chi connectivity index (χ2n) is 5.03. The molecule has 19 heavy (non-hydrogen) atoms. The first-order valence-electron chi connectivity index (χ1n) is 6.24. The Balaban J connectivity index is 1.96. The number of hydrogen-bond donors (Lipinski definition) is 2. The first-order valence-corrected chi connectivity index (χ1v) is 6.24. The van der Waals surface area contributed by atoms with E-state index in [1.54, 1.807) is 19.4 Å². The Kier molecular flexibility index (Phi) is 3.50. The van der Waals surface area contributed by atoms with E-state index in [4.69, 9.17) is 9.52 Å². The molecule has 0 unspecified atom stereocenters. The minimum atomic E-state index is -1.07. The Hall–Kier alpha value is -1.98. The molecule has 0 aliphatic heterocycles. The second-order valence-corrected chi connectivity index (χ2v) is 5.03. The van der Waals surface area contributed by atoms with Gasteiger partial charge in [0.1, 0.15) is 11.3 Å². The molecule has 1 fully saturated rings. The van der Waals surface area contributed by atoms with Gasteiger partial charge in [0.05, 0.1) is 12.8 Å². The van der Waals surface area contributed by atoms with Crippen LogP contribution in [0.5, 0.6) is 0 Å². The van der Waals surface area contributed by atoms with Crippen LogP contribution in [0.4, 0.5) is 4.79 Å². The molecule has 1 aromatic heterocycles. The van der Waals surface area contributed by atoms with Crippen molar-refractivity contribution >= 4 is 12.0 Å². The third-order valence-electron chi connectivity index (χ3n) is 3.68. The molecule has 1 aromatic rings. The van der Waals surface area contributed by atoms with Crippen LogP contribution in [0.3, 0.4) is 0 Å². The lowest BCUT2D eigenvalue weighted by Gasteiger charge is -2.39. The zero-order valence-corrected chi connectivity index (χ0v) is 11.1. The lowest BCUT2D eigenvalue weighted by atomic mass is 9.77. The van der Waals surface area contributed by atoms with Crippen molar-refractivity contribution in [3.05, 3.63) is 23.7 Å². The van der Waals surface area contributed by atoms with E-state index in [1.165, 1.54) is 4.90 Å². The number of nitrogens with one attached hydrogen (secondary N) is 1. The summed E-state index contributed by atoms with van der Waals surface area (Å²) in [5.41, 5.74) is -0.160. The first kappa shape index (κ1) is 13.5. The van der Waals surface area contributed by atoms with E-state index in [0.717, 1.165) is 17.7 Å². The Labute approximate surface area is 111 Å². The first-order chi connectivity index (χ1) is 8.94. The number of carbonyl (C=O) groups excluding carboxylic acids is 1. The summed E-state index contributed by atoms with van der Waals surface area (Å²) in [6.07, 6.45) is 3.39. The second kappa shape index (κ2) is 4.95. The predicted octanol–water partition coefficient (Wildman–Crippen LogP) is 1.74. The molecule has 1 aliphatic carbocycles. The zero-order valence-electron chi connectivity index (χ0n) is 11.1. The van der Waals surface area contributed by atoms with Gasteiger partial charge in [0, 0.05) is 12.6 Å². The summed E-state index contributed by atoms with van der Waals surface area (Å²) in [6, 6.07) is 1.43. The van der Waals surface area contributed by atoms with Crippen LogP contribution in [-0.2, 0) is 11.3 Å². The van der Waals surface area contributed by atoms with E-state index in [1.807, 2.05) is 6.92 Å². The van der Waals surface area contributed by atoms with E-state index in [-0.39, 0.29) is 6.03 Å². The van der Waals surface area contributed by atoms with Crippen LogP contribution >= 0.6 is 0 Å². The van der Waals surface area contributed by atoms with Crippen molar-refractivity contribution in [2.24, 2.45) is 0 Å². The normalized spacial score (nSPS) is 16.5. The van der Waals surface area contributed by atoms with Gasteiger partial charge in [0.25, 0.3) is 0 Å². The van der Waals surface area contributed by atoms with Crippen molar-refractivity contribution in [3.8, 4) is 0 Å². The van der Waals surface area contributed by atoms with Gasteiger partial charge in [-0.1, -0.05) is 0 Å². The molecule has 1 heterocycles. The molecule has 1 aliphatic rings. The molecule has 0 aromatic carbocycles. The van der Waals surface area contributed by atoms with Crippen LogP contribution in [0.15, 0.2) is 16.7 Å². The number of nitrogens with zero attached hydrogens (tertiary/aromatic N) is 1. The smallest absolute Gasteiger partial charge is 0.329 e. The van der Waals surface area contributed by atoms with Crippen LogP contribution in [0.25, 0.3) is 0 Å². The average molecular weight is 266 g/mol. The maximum absolute atomic E-state index is 12.0. The van der Waals surface area contributed by atoms with Crippen LogP contribution in [0, 0.1) is 6.92 Å². The van der Waals surface area contributed by atoms with E-state index in [9.17, 15) is 9.59 Å². The predicted molar refractivity (Wildman–Crippen MR) is 67.7 cm³/mol. The molecule has 0 spiro atoms. The Morgan fingerprint density at radius 1 is 1.53 bits per heavy atom. The van der Waals surface area contributed by atoms with Crippen molar-refractivity contribution in [2.75, 3.05) is 7.05 Å². The standard InChI is InChI=1S/C13H18N2O4/c1-9-10(4-7-19-9)8-15(2)12(18)14-13(11(16)17)5-3-6-13/h4,7H,3,5-6,8H2,1-2H3,(H,14,18)(H,16,17). The number of aryl methyl sites for hydroxylation is 1. The number of rotatable bonds is 4. The lowest BCUT2D eigenvalue weighted by Crippen LogP contribution is -2.61. The number of carbonyl (C=O) groups is 2. The summed E-state index contributed by atoms with van der Waals surface area (Å²) in [4.78, 5) is 24.7. The van der Waals surface area contributed by atoms with Gasteiger partial charge < -0.3 is 19.7 Å². The Bertz CT molecular complexity index is 491. The fourth-order valence-corrected chi connectivity index (χ4v) is 2.13. The van der Waals surface area contributed by atoms with E-state index in [2.05, 4.69) is 5.32 Å². The Morgan fingerprint density at radius 2 is 2.21 bits per heavy atom. The fourth-order valence-electron chi connectivity index (χ4n) is 2.13. The van der Waals surface area contributed by atoms with E-state index >= 15 is 0 Å². The summed E-state index contributed by atoms with van der Waals surface area (Å²) in [5, 5.41) is 11.8. The van der Waals surface area contributed by atoms with Gasteiger partial charge in [-0.3, -0.25) is 0 Å². The van der Waals surface area contributed by atoms with Crippen molar-refractivity contribution in [1.82, 2.24) is 10.2 Å². The Morgan fingerprint density at radius 3 is 2.63 bits per heavy atom. The van der Waals surface area contributed by atoms with Crippen LogP contribution < -0.4 is 5.32 Å². The molecular weight excluding hydrogens is 248 g/mol. The van der Waals surface area contributed by atoms with Crippen molar-refractivity contribution in [3.63, 3.8) is 0 Å². The molecule has 1 saturated carbocycles. The number of furan rings is 1. The van der Waals surface area contributed by atoms with Gasteiger partial charge in [-0.15, -0.1) is 0 Å². The number of carboxylic acids is 1. The maximum atomic E-state index is 12.0. The monoisotopic (exact) mass is 266 g/mol. The van der Waals surface area contributed by atoms with Gasteiger partial charge in [-0.05, 0) is 32.3 Å². The number of aliphatic carboxylic acids is 1. The molecule has 0 saturated heterocycles. The summed E-state index contributed by atoms with van der Waals surface area (Å²) < 4.78 is 5.16. The van der Waals surface area contributed by atoms with E-state index < -0.39 is 11.5 Å². The highest BCUT2D eigenvalue weighted by molar-refractivity contribution is 5.87. The third kappa shape index (κ3) is 2.57. The van der Waals surface area contributed by atoms with Crippen molar-refractivity contribution in [2.45, 2.75) is 38.3 Å². The van der Waals surface area contributed by atoms with Crippen molar-refractivity contribution < 1.29 is 19.1 Å². The number of carboxylic acid groups (broad SMARTS) is 1. The highest BCUT2D eigenvalue weighted by Crippen LogP contribution is 2.32. The maximum Gasteiger partial charge on any atom is 0.329 e. The topological polar surface area (TPSA) is 82.8 Å². The van der Waals surface area contributed by atoms with Crippen molar-refractivity contribution in [1.29, 1.82) is 0 Å². The van der Waals surface area contributed by atoms with Gasteiger partial charge in [-0.25, -0.2) is 9.59 Å². The summed E-state index contributed by atoms with van der Waals surface area (Å²) in [5.74, 6) is -0.198. The highest BCUT2D eigenvalue weighted by atomic mass is 16.4. The largest absolute Gasteiger partial charge is 0.480 e. The van der Waals surface area contributed by atoms with Gasteiger partial charge >= 0.3 is 12.0 Å². The molecule has 2 N–H and O–H groups in total. The average Bonchev–Trinajstić information content (AvgIpc) is 2.68. The highest BCUT2D eigenvalue weighted by Gasteiger charge is 2.46. The fraction of sp³-hybridized carbons (Fsp3) is 0.538. The summed E-state index contributed by atoms with van der Waals surface area (Å²) >= 11 is 0. The molecule has 2 amide bonds. The molecular formula is C13H18N2O4. The quantitative estimate of drug-likeness (QED) is 0.869. The zero-order chi connectivity index (χ0) is 14.0. The molecule has 2 rings (SSSR count). The summed E-state index contributed by atoms with van der Waals surface area (Å²) in [7, 11) is 1.63. The number of urea groups is 1. The molecule has 0 atom stereocenters. The molecule has 6 nitrogen and oxygen atoms in total.